The van der Waals surface area contributed by atoms with E-state index in [0.29, 0.717) is 26.9 Å². The van der Waals surface area contributed by atoms with E-state index in [4.69, 9.17) is 11.6 Å². The van der Waals surface area contributed by atoms with E-state index in [2.05, 4.69) is 21.2 Å². The molecule has 0 unspecified atom stereocenters. The van der Waals surface area contributed by atoms with E-state index in [1.165, 1.54) is 17.0 Å². The number of halogens is 2. The Hall–Kier alpha value is -2.71. The lowest BCUT2D eigenvalue weighted by Crippen LogP contribution is -2.32. The fourth-order valence-electron chi connectivity index (χ4n) is 2.91. The summed E-state index contributed by atoms with van der Waals surface area (Å²) in [7, 11) is 3.23. The minimum absolute atomic E-state index is 0.0409. The number of anilines is 1. The van der Waals surface area contributed by atoms with Crippen LogP contribution in [0.5, 0.6) is 0 Å². The Balaban J connectivity index is 1.62. The third-order valence-electron chi connectivity index (χ3n) is 4.38. The highest BCUT2D eigenvalue weighted by atomic mass is 79.9. The summed E-state index contributed by atoms with van der Waals surface area (Å²) in [6, 6.07) is 9.44. The van der Waals surface area contributed by atoms with Gasteiger partial charge in [-0.2, -0.15) is 0 Å². The number of amides is 4. The van der Waals surface area contributed by atoms with E-state index in [0.717, 1.165) is 4.90 Å². The van der Waals surface area contributed by atoms with Gasteiger partial charge in [-0.3, -0.25) is 24.1 Å². The number of carbonyl (C=O) groups is 4. The summed E-state index contributed by atoms with van der Waals surface area (Å²) in [5, 5.41) is 2.87. The highest BCUT2D eigenvalue weighted by Gasteiger charge is 2.35. The molecule has 0 spiro atoms. The Morgan fingerprint density at radius 3 is 2.41 bits per heavy atom. The summed E-state index contributed by atoms with van der Waals surface area (Å²) >= 11 is 9.41. The van der Waals surface area contributed by atoms with Crippen LogP contribution in [0.4, 0.5) is 5.69 Å². The maximum atomic E-state index is 12.4. The number of benzene rings is 2. The van der Waals surface area contributed by atoms with Crippen molar-refractivity contribution in [3.8, 4) is 0 Å². The van der Waals surface area contributed by atoms with Gasteiger partial charge in [0, 0.05) is 37.2 Å². The average Bonchev–Trinajstić information content (AvgIpc) is 2.89. The molecule has 0 atom stereocenters. The van der Waals surface area contributed by atoms with Gasteiger partial charge in [-0.05, 0) is 36.4 Å². The van der Waals surface area contributed by atoms with Crippen molar-refractivity contribution in [3.05, 3.63) is 62.6 Å². The molecular weight excluding hydrogens is 462 g/mol. The number of carbonyl (C=O) groups excluding carboxylic acids is 4. The monoisotopic (exact) mass is 477 g/mol. The molecule has 3 rings (SSSR count). The summed E-state index contributed by atoms with van der Waals surface area (Å²) in [6.07, 6.45) is -0.0668. The predicted molar refractivity (Wildman–Crippen MR) is 112 cm³/mol. The fourth-order valence-corrected chi connectivity index (χ4v) is 3.53. The van der Waals surface area contributed by atoms with Crippen molar-refractivity contribution in [1.29, 1.82) is 0 Å². The van der Waals surface area contributed by atoms with E-state index in [9.17, 15) is 19.2 Å². The molecule has 1 heterocycles. The SMILES string of the molecule is CN(C)C(=O)c1ccc(NC(=O)CCN2C(=O)c3ccc(Br)cc3C2=O)cc1Cl. The topological polar surface area (TPSA) is 86.8 Å². The van der Waals surface area contributed by atoms with Gasteiger partial charge in [-0.1, -0.05) is 27.5 Å². The lowest BCUT2D eigenvalue weighted by atomic mass is 10.1. The van der Waals surface area contributed by atoms with Crippen LogP contribution in [-0.4, -0.2) is 54.1 Å². The van der Waals surface area contributed by atoms with Gasteiger partial charge in [-0.15, -0.1) is 0 Å². The van der Waals surface area contributed by atoms with Gasteiger partial charge >= 0.3 is 0 Å². The molecule has 0 saturated carbocycles. The number of imide groups is 1. The lowest BCUT2D eigenvalue weighted by molar-refractivity contribution is -0.116. The van der Waals surface area contributed by atoms with Crippen molar-refractivity contribution >= 4 is 56.8 Å². The van der Waals surface area contributed by atoms with Gasteiger partial charge in [0.15, 0.2) is 0 Å². The third kappa shape index (κ3) is 4.33. The van der Waals surface area contributed by atoms with Crippen molar-refractivity contribution in [2.75, 3.05) is 26.0 Å². The molecule has 29 heavy (non-hydrogen) atoms. The number of fused-ring (bicyclic) bond motifs is 1. The highest BCUT2D eigenvalue weighted by molar-refractivity contribution is 9.10. The zero-order valence-electron chi connectivity index (χ0n) is 15.7. The van der Waals surface area contributed by atoms with Crippen LogP contribution in [0.3, 0.4) is 0 Å². The van der Waals surface area contributed by atoms with E-state index in [1.807, 2.05) is 0 Å². The first-order chi connectivity index (χ1) is 13.7. The Morgan fingerprint density at radius 1 is 1.07 bits per heavy atom. The molecule has 0 aliphatic carbocycles. The van der Waals surface area contributed by atoms with Crippen LogP contribution in [0.15, 0.2) is 40.9 Å². The van der Waals surface area contributed by atoms with Crippen LogP contribution in [0.2, 0.25) is 5.02 Å². The van der Waals surface area contributed by atoms with E-state index in [1.54, 1.807) is 38.4 Å². The quantitative estimate of drug-likeness (QED) is 0.667. The number of hydrogen-bond acceptors (Lipinski definition) is 4. The molecule has 150 valence electrons. The smallest absolute Gasteiger partial charge is 0.261 e. The maximum absolute atomic E-state index is 12.4. The van der Waals surface area contributed by atoms with Crippen LogP contribution in [0.25, 0.3) is 0 Å². The zero-order valence-corrected chi connectivity index (χ0v) is 18.0. The van der Waals surface area contributed by atoms with Gasteiger partial charge in [0.1, 0.15) is 0 Å². The minimum Gasteiger partial charge on any atom is -0.345 e. The summed E-state index contributed by atoms with van der Waals surface area (Å²) in [4.78, 5) is 51.6. The Kier molecular flexibility index (Phi) is 6.04. The molecule has 7 nitrogen and oxygen atoms in total. The van der Waals surface area contributed by atoms with E-state index in [-0.39, 0.29) is 29.8 Å². The van der Waals surface area contributed by atoms with Crippen molar-refractivity contribution < 1.29 is 19.2 Å². The zero-order chi connectivity index (χ0) is 21.3. The Labute approximate surface area is 180 Å². The van der Waals surface area contributed by atoms with Crippen molar-refractivity contribution in [2.45, 2.75) is 6.42 Å². The molecule has 1 N–H and O–H groups in total. The second-order valence-electron chi connectivity index (χ2n) is 6.64. The molecule has 0 radical (unpaired) electrons. The van der Waals surface area contributed by atoms with E-state index < -0.39 is 11.8 Å². The summed E-state index contributed by atoms with van der Waals surface area (Å²) in [5.41, 5.74) is 1.39. The summed E-state index contributed by atoms with van der Waals surface area (Å²) in [6.45, 7) is -0.0409. The molecule has 1 aliphatic rings. The predicted octanol–water partition coefficient (Wildman–Crippen LogP) is 3.43. The van der Waals surface area contributed by atoms with Crippen molar-refractivity contribution in [3.63, 3.8) is 0 Å². The molecular formula is C20H17BrClN3O4. The molecule has 0 aromatic heterocycles. The third-order valence-corrected chi connectivity index (χ3v) is 5.19. The summed E-state index contributed by atoms with van der Waals surface area (Å²) in [5.74, 6) is -1.47. The highest BCUT2D eigenvalue weighted by Crippen LogP contribution is 2.26. The van der Waals surface area contributed by atoms with Gasteiger partial charge < -0.3 is 10.2 Å². The number of nitrogens with one attached hydrogen (secondary N) is 1. The first-order valence-corrected chi connectivity index (χ1v) is 9.83. The molecule has 1 aliphatic heterocycles. The molecule has 0 fully saturated rings. The van der Waals surface area contributed by atoms with Gasteiger partial charge in [0.25, 0.3) is 17.7 Å². The summed E-state index contributed by atoms with van der Waals surface area (Å²) < 4.78 is 0.699. The van der Waals surface area contributed by atoms with Gasteiger partial charge in [0.05, 0.1) is 21.7 Å². The molecule has 2 aromatic carbocycles. The second-order valence-corrected chi connectivity index (χ2v) is 7.97. The molecule has 9 heteroatoms. The van der Waals surface area contributed by atoms with Crippen LogP contribution >= 0.6 is 27.5 Å². The minimum atomic E-state index is -0.423. The maximum Gasteiger partial charge on any atom is 0.261 e. The largest absolute Gasteiger partial charge is 0.345 e. The number of nitrogens with zero attached hydrogens (tertiary/aromatic N) is 2. The van der Waals surface area contributed by atoms with E-state index >= 15 is 0 Å². The molecule has 2 aromatic rings. The van der Waals surface area contributed by atoms with Crippen molar-refractivity contribution in [1.82, 2.24) is 9.80 Å². The number of rotatable bonds is 5. The van der Waals surface area contributed by atoms with Crippen LogP contribution in [0, 0.1) is 0 Å². The molecule has 0 saturated heterocycles. The average molecular weight is 479 g/mol. The first kappa shape index (κ1) is 21.0. The van der Waals surface area contributed by atoms with Crippen LogP contribution in [0.1, 0.15) is 37.5 Å². The van der Waals surface area contributed by atoms with Crippen LogP contribution < -0.4 is 5.32 Å². The number of hydrogen-bond donors (Lipinski definition) is 1. The normalized spacial score (nSPS) is 12.8. The Morgan fingerprint density at radius 2 is 1.76 bits per heavy atom. The lowest BCUT2D eigenvalue weighted by Gasteiger charge is -2.14. The molecule has 4 amide bonds. The van der Waals surface area contributed by atoms with Gasteiger partial charge in [-0.25, -0.2) is 0 Å². The Bertz CT molecular complexity index is 1040. The second kappa shape index (κ2) is 8.34. The van der Waals surface area contributed by atoms with Crippen LogP contribution in [-0.2, 0) is 4.79 Å². The fraction of sp³-hybridized carbons (Fsp3) is 0.200. The molecule has 0 bridgehead atoms. The van der Waals surface area contributed by atoms with Crippen molar-refractivity contribution in [2.24, 2.45) is 0 Å². The standard InChI is InChI=1S/C20H17BrClN3O4/c1-24(2)18(27)14-6-4-12(10-16(14)22)23-17(26)7-8-25-19(28)13-5-3-11(21)9-15(13)20(25)29/h3-6,9-10H,7-8H2,1-2H3,(H,23,26). The first-order valence-electron chi connectivity index (χ1n) is 8.66. The van der Waals surface area contributed by atoms with Gasteiger partial charge in [0.2, 0.25) is 5.91 Å².